The molecule has 4 aromatic rings. The summed E-state index contributed by atoms with van der Waals surface area (Å²) in [5.74, 6) is -0.188. The molecule has 3 aromatic heterocycles. The van der Waals surface area contributed by atoms with Crippen LogP contribution in [0.1, 0.15) is 10.6 Å². The summed E-state index contributed by atoms with van der Waals surface area (Å²) in [6.07, 6.45) is 7.08. The van der Waals surface area contributed by atoms with Crippen molar-refractivity contribution in [2.75, 3.05) is 37.4 Å². The first-order valence-corrected chi connectivity index (χ1v) is 13.9. The molecule has 40 heavy (non-hydrogen) atoms. The van der Waals surface area contributed by atoms with E-state index in [1.165, 1.54) is 34.8 Å². The predicted octanol–water partition coefficient (Wildman–Crippen LogP) is 6.28. The largest absolute Gasteiger partial charge is 0.453 e. The number of carbonyl (C=O) groups excluding carboxylic acids is 1. The molecule has 0 fully saturated rings. The molecule has 0 saturated carbocycles. The van der Waals surface area contributed by atoms with Gasteiger partial charge in [0.1, 0.15) is 5.75 Å². The maximum atomic E-state index is 14.9. The van der Waals surface area contributed by atoms with Crippen molar-refractivity contribution >= 4 is 55.4 Å². The molecule has 0 aliphatic heterocycles. The van der Waals surface area contributed by atoms with Gasteiger partial charge in [0.15, 0.2) is 16.7 Å². The molecule has 4 rings (SSSR count). The van der Waals surface area contributed by atoms with Crippen LogP contribution in [-0.2, 0) is 4.74 Å². The van der Waals surface area contributed by atoms with E-state index in [-0.39, 0.29) is 11.4 Å². The van der Waals surface area contributed by atoms with E-state index in [4.69, 9.17) is 15.2 Å². The molecule has 9 nitrogen and oxygen atoms in total. The maximum Gasteiger partial charge on any atom is 0.325 e. The Morgan fingerprint density at radius 2 is 2.05 bits per heavy atom. The van der Waals surface area contributed by atoms with E-state index in [1.54, 1.807) is 31.5 Å². The van der Waals surface area contributed by atoms with Crippen LogP contribution >= 0.6 is 22.7 Å². The number of nitrogens with zero attached hydrogens (tertiary/aromatic N) is 2. The number of hydrogen-bond acceptors (Lipinski definition) is 9. The second-order valence-electron chi connectivity index (χ2n) is 8.49. The average Bonchev–Trinajstić information content (AvgIpc) is 3.56. The van der Waals surface area contributed by atoms with Crippen molar-refractivity contribution in [3.05, 3.63) is 88.7 Å². The van der Waals surface area contributed by atoms with E-state index in [0.29, 0.717) is 35.2 Å². The molecule has 3 heterocycles. The number of methoxy groups -OCH3 is 1. The fourth-order valence-electron chi connectivity index (χ4n) is 3.47. The van der Waals surface area contributed by atoms with Crippen LogP contribution in [0, 0.1) is 12.7 Å². The molecule has 0 atom stereocenters. The minimum atomic E-state index is -0.634. The summed E-state index contributed by atoms with van der Waals surface area (Å²) < 4.78 is 26.6. The minimum Gasteiger partial charge on any atom is -0.453 e. The number of amides is 2. The lowest BCUT2D eigenvalue weighted by atomic mass is 10.2. The molecule has 0 aliphatic rings. The lowest BCUT2D eigenvalue weighted by Gasteiger charge is -2.10. The Labute approximate surface area is 239 Å². The van der Waals surface area contributed by atoms with Crippen molar-refractivity contribution in [3.63, 3.8) is 0 Å². The van der Waals surface area contributed by atoms with Crippen molar-refractivity contribution in [2.45, 2.75) is 6.92 Å². The van der Waals surface area contributed by atoms with E-state index in [0.717, 1.165) is 27.4 Å². The Bertz CT molecular complexity index is 1560. The molecular formula is C28H29FN6O3S2. The van der Waals surface area contributed by atoms with E-state index in [1.807, 2.05) is 30.5 Å². The summed E-state index contributed by atoms with van der Waals surface area (Å²) in [5.41, 5.74) is 9.63. The Hall–Kier alpha value is -4.10. The van der Waals surface area contributed by atoms with Crippen molar-refractivity contribution in [1.82, 2.24) is 15.3 Å². The fourth-order valence-corrected chi connectivity index (χ4v) is 5.16. The Kier molecular flexibility index (Phi) is 9.97. The molecule has 2 amide bonds. The highest BCUT2D eigenvalue weighted by atomic mass is 32.1. The van der Waals surface area contributed by atoms with Gasteiger partial charge in [-0.3, -0.25) is 10.3 Å². The number of fused-ring (bicyclic) bond motifs is 1. The number of nitrogens with one attached hydrogen (secondary N) is 3. The first kappa shape index (κ1) is 28.9. The zero-order valence-electron chi connectivity index (χ0n) is 22.0. The summed E-state index contributed by atoms with van der Waals surface area (Å²) in [5, 5.41) is 10.7. The zero-order valence-corrected chi connectivity index (χ0v) is 23.6. The number of pyridine rings is 1. The van der Waals surface area contributed by atoms with Crippen LogP contribution in [0.5, 0.6) is 11.5 Å². The van der Waals surface area contributed by atoms with Crippen LogP contribution in [0.3, 0.4) is 0 Å². The van der Waals surface area contributed by atoms with Crippen LogP contribution in [0.25, 0.3) is 15.9 Å². The highest BCUT2D eigenvalue weighted by molar-refractivity contribution is 7.20. The normalized spacial score (nSPS) is 12.0. The molecule has 0 bridgehead atoms. The van der Waals surface area contributed by atoms with Gasteiger partial charge in [-0.25, -0.2) is 14.2 Å². The van der Waals surface area contributed by atoms with Gasteiger partial charge in [0.2, 0.25) is 0 Å². The summed E-state index contributed by atoms with van der Waals surface area (Å²) >= 11 is 2.70. The number of halogens is 1. The molecular weight excluding hydrogens is 551 g/mol. The van der Waals surface area contributed by atoms with Crippen LogP contribution in [0.4, 0.5) is 20.0 Å². The number of thiophene rings is 1. The summed E-state index contributed by atoms with van der Waals surface area (Å²) in [6.45, 7) is 7.67. The second-order valence-corrected chi connectivity index (χ2v) is 10.4. The Morgan fingerprint density at radius 1 is 1.20 bits per heavy atom. The first-order chi connectivity index (χ1) is 19.4. The molecule has 0 aliphatic carbocycles. The third-order valence-electron chi connectivity index (χ3n) is 5.46. The number of aryl methyl sites for hydroxylation is 1. The Morgan fingerprint density at radius 3 is 2.77 bits per heavy atom. The van der Waals surface area contributed by atoms with E-state index in [9.17, 15) is 9.18 Å². The number of carbonyl (C=O) groups is 1. The maximum absolute atomic E-state index is 14.9. The molecule has 0 unspecified atom stereocenters. The second kappa shape index (κ2) is 13.8. The van der Waals surface area contributed by atoms with Gasteiger partial charge >= 0.3 is 6.03 Å². The van der Waals surface area contributed by atoms with Crippen LogP contribution < -0.4 is 26.4 Å². The monoisotopic (exact) mass is 580 g/mol. The first-order valence-electron chi connectivity index (χ1n) is 12.2. The third-order valence-corrected chi connectivity index (χ3v) is 7.52. The number of anilines is 2. The smallest absolute Gasteiger partial charge is 0.325 e. The van der Waals surface area contributed by atoms with Gasteiger partial charge in [-0.2, -0.15) is 0 Å². The summed E-state index contributed by atoms with van der Waals surface area (Å²) in [4.78, 5) is 21.6. The van der Waals surface area contributed by atoms with E-state index in [2.05, 4.69) is 32.5 Å². The minimum absolute atomic E-state index is 0.00648. The van der Waals surface area contributed by atoms with Gasteiger partial charge in [-0.1, -0.05) is 18.7 Å². The van der Waals surface area contributed by atoms with Crippen molar-refractivity contribution in [1.29, 1.82) is 0 Å². The number of aromatic nitrogens is 2. The van der Waals surface area contributed by atoms with Crippen LogP contribution in [-0.4, -0.2) is 42.8 Å². The van der Waals surface area contributed by atoms with Crippen LogP contribution in [0.15, 0.2) is 72.3 Å². The molecule has 0 saturated heterocycles. The highest BCUT2D eigenvalue weighted by Gasteiger charge is 2.14. The number of benzene rings is 1. The molecule has 5 N–H and O–H groups in total. The van der Waals surface area contributed by atoms with Gasteiger partial charge in [-0.15, -0.1) is 22.7 Å². The number of hydrogen-bond donors (Lipinski definition) is 4. The molecule has 0 radical (unpaired) electrons. The van der Waals surface area contributed by atoms with Crippen molar-refractivity contribution < 1.29 is 18.7 Å². The number of rotatable bonds is 12. The highest BCUT2D eigenvalue weighted by Crippen LogP contribution is 2.37. The molecule has 208 valence electrons. The van der Waals surface area contributed by atoms with Crippen LogP contribution in [0.2, 0.25) is 0 Å². The number of allylic oxidation sites excluding steroid dienone is 2. The SMILES string of the molecule is C=C/C(=C\C=C(/N)c1cc2nccc(Oc3ccc(NC(=O)Nc4nc(C)cs4)cc3F)c2s1)CNCCOC. The number of thiazole rings is 1. The quantitative estimate of drug-likeness (QED) is 0.115. The Balaban J connectivity index is 1.45. The fraction of sp³-hybridized carbons (Fsp3) is 0.179. The van der Waals surface area contributed by atoms with Gasteiger partial charge in [0, 0.05) is 55.3 Å². The third kappa shape index (κ3) is 7.73. The van der Waals surface area contributed by atoms with E-state index >= 15 is 0 Å². The summed E-state index contributed by atoms with van der Waals surface area (Å²) in [6, 6.07) is 7.21. The van der Waals surface area contributed by atoms with Gasteiger partial charge < -0.3 is 25.8 Å². The van der Waals surface area contributed by atoms with Gasteiger partial charge in [0.25, 0.3) is 0 Å². The van der Waals surface area contributed by atoms with Gasteiger partial charge in [-0.05, 0) is 36.8 Å². The number of ether oxygens (including phenoxy) is 2. The lowest BCUT2D eigenvalue weighted by molar-refractivity contribution is 0.200. The number of nitrogens with two attached hydrogens (primary N) is 1. The zero-order chi connectivity index (χ0) is 28.5. The van der Waals surface area contributed by atoms with E-state index < -0.39 is 11.8 Å². The molecule has 12 heteroatoms. The lowest BCUT2D eigenvalue weighted by Crippen LogP contribution is -2.21. The molecule has 0 spiro atoms. The number of urea groups is 1. The van der Waals surface area contributed by atoms with Gasteiger partial charge in [0.05, 0.1) is 27.4 Å². The summed E-state index contributed by atoms with van der Waals surface area (Å²) in [7, 11) is 1.66. The average molecular weight is 581 g/mol. The molecule has 1 aromatic carbocycles. The van der Waals surface area contributed by atoms with Crippen molar-refractivity contribution in [2.24, 2.45) is 5.73 Å². The van der Waals surface area contributed by atoms with Crippen molar-refractivity contribution in [3.8, 4) is 11.5 Å². The predicted molar refractivity (Wildman–Crippen MR) is 161 cm³/mol. The standard InChI is InChI=1S/C28H29FN6O3S2/c1-4-18(15-31-11-12-37-3)5-7-21(30)25-14-22-26(40-25)24(9-10-32-22)38-23-8-6-19(13-20(23)29)34-27(36)35-28-33-17(2)16-39-28/h4-10,13-14,16,31H,1,11-12,15,30H2,2-3H3,(H2,33,34,35,36)/b18-5+,21-7-. The topological polar surface area (TPSA) is 123 Å².